The number of alkyl halides is 2. The fourth-order valence-electron chi connectivity index (χ4n) is 3.63. The number of aliphatic hydroxyl groups excluding tert-OH is 1. The minimum absolute atomic E-state index is 0.0641. The van der Waals surface area contributed by atoms with Gasteiger partial charge in [-0.3, -0.25) is 19.5 Å². The third-order valence-electron chi connectivity index (χ3n) is 5.47. The lowest BCUT2D eigenvalue weighted by molar-refractivity contribution is -0.176. The van der Waals surface area contributed by atoms with Gasteiger partial charge < -0.3 is 24.1 Å². The second kappa shape index (κ2) is 13.2. The Balaban J connectivity index is 1.62. The zero-order valence-corrected chi connectivity index (χ0v) is 20.4. The Hall–Kier alpha value is -3.75. The highest BCUT2D eigenvalue weighted by atomic mass is 19.3. The molecule has 2 aromatic rings. The molecule has 0 unspecified atom stereocenters. The molecule has 1 aliphatic rings. The maximum Gasteiger partial charge on any atom is 0.412 e. The highest BCUT2D eigenvalue weighted by molar-refractivity contribution is 5.84. The number of methoxy groups -OCH3 is 1. The lowest BCUT2D eigenvalue weighted by Crippen LogP contribution is -2.44. The van der Waals surface area contributed by atoms with Gasteiger partial charge in [0.05, 0.1) is 19.6 Å². The number of nitrogens with zero attached hydrogens (tertiary/aromatic N) is 2. The molecular formula is C24H27F2N3O9. The van der Waals surface area contributed by atoms with E-state index in [0.29, 0.717) is 4.57 Å². The number of ketones is 1. The van der Waals surface area contributed by atoms with Crippen molar-refractivity contribution in [2.75, 3.05) is 32.2 Å². The third kappa shape index (κ3) is 7.40. The average Bonchev–Trinajstić information content (AvgIpc) is 3.13. The summed E-state index contributed by atoms with van der Waals surface area (Å²) in [5.74, 6) is -5.59. The lowest BCUT2D eigenvalue weighted by atomic mass is 10.1. The summed E-state index contributed by atoms with van der Waals surface area (Å²) in [6.45, 7) is -0.865. The van der Waals surface area contributed by atoms with Crippen molar-refractivity contribution in [1.82, 2.24) is 9.55 Å². The SMILES string of the molecule is COCCOC(=O)Nc1ccn([C@@H]2O[C@H](CO)[C@@H](OC(=O)CCC(=O)Cc3ccccc3)C2(F)F)c(=O)n1. The number of rotatable bonds is 12. The van der Waals surface area contributed by atoms with Gasteiger partial charge in [-0.15, -0.1) is 0 Å². The first-order valence-electron chi connectivity index (χ1n) is 11.6. The van der Waals surface area contributed by atoms with Crippen LogP contribution in [0.1, 0.15) is 24.6 Å². The topological polar surface area (TPSA) is 155 Å². The molecule has 0 saturated carbocycles. The van der Waals surface area contributed by atoms with Crippen LogP contribution in [0.25, 0.3) is 0 Å². The van der Waals surface area contributed by atoms with Gasteiger partial charge in [0.15, 0.2) is 6.10 Å². The van der Waals surface area contributed by atoms with E-state index in [1.54, 1.807) is 30.3 Å². The van der Waals surface area contributed by atoms with Crippen molar-refractivity contribution >= 4 is 23.7 Å². The highest BCUT2D eigenvalue weighted by Crippen LogP contribution is 2.44. The third-order valence-corrected chi connectivity index (χ3v) is 5.47. The van der Waals surface area contributed by atoms with Crippen LogP contribution in [0, 0.1) is 0 Å². The average molecular weight is 539 g/mol. The summed E-state index contributed by atoms with van der Waals surface area (Å²) in [5.41, 5.74) is -0.465. The molecule has 0 bridgehead atoms. The molecule has 3 rings (SSSR count). The Morgan fingerprint density at radius 3 is 2.55 bits per heavy atom. The summed E-state index contributed by atoms with van der Waals surface area (Å²) >= 11 is 0. The van der Waals surface area contributed by atoms with Gasteiger partial charge in [-0.05, 0) is 11.6 Å². The second-order valence-electron chi connectivity index (χ2n) is 8.25. The van der Waals surface area contributed by atoms with Gasteiger partial charge >= 0.3 is 23.7 Å². The Morgan fingerprint density at radius 2 is 1.89 bits per heavy atom. The van der Waals surface area contributed by atoms with Crippen LogP contribution in [0.15, 0.2) is 47.4 Å². The molecule has 1 aromatic heterocycles. The fraction of sp³-hybridized carbons (Fsp3) is 0.458. The second-order valence-corrected chi connectivity index (χ2v) is 8.25. The lowest BCUT2D eigenvalue weighted by Gasteiger charge is -2.24. The number of esters is 1. The van der Waals surface area contributed by atoms with E-state index in [9.17, 15) is 24.3 Å². The van der Waals surface area contributed by atoms with E-state index in [0.717, 1.165) is 17.8 Å². The normalized spacial score (nSPS) is 20.1. The molecule has 1 amide bonds. The Bertz CT molecular complexity index is 1180. The van der Waals surface area contributed by atoms with E-state index in [-0.39, 0.29) is 37.7 Å². The number of hydrogen-bond acceptors (Lipinski definition) is 10. The molecule has 2 N–H and O–H groups in total. The van der Waals surface area contributed by atoms with Gasteiger partial charge in [0.2, 0.25) is 6.23 Å². The molecule has 0 radical (unpaired) electrons. The van der Waals surface area contributed by atoms with Crippen LogP contribution in [-0.4, -0.2) is 77.6 Å². The number of halogens is 2. The van der Waals surface area contributed by atoms with Gasteiger partial charge in [0.25, 0.3) is 0 Å². The molecule has 0 aliphatic carbocycles. The fourth-order valence-corrected chi connectivity index (χ4v) is 3.63. The number of ether oxygens (including phenoxy) is 4. The zero-order chi connectivity index (χ0) is 27.7. The summed E-state index contributed by atoms with van der Waals surface area (Å²) in [5, 5.41) is 11.7. The largest absolute Gasteiger partial charge is 0.453 e. The number of hydrogen-bond donors (Lipinski definition) is 2. The van der Waals surface area contributed by atoms with Crippen LogP contribution in [0.5, 0.6) is 0 Å². The van der Waals surface area contributed by atoms with E-state index in [4.69, 9.17) is 18.9 Å². The van der Waals surface area contributed by atoms with Crippen molar-refractivity contribution < 1.29 is 47.2 Å². The Morgan fingerprint density at radius 1 is 1.16 bits per heavy atom. The van der Waals surface area contributed by atoms with Crippen LogP contribution < -0.4 is 11.0 Å². The van der Waals surface area contributed by atoms with Gasteiger partial charge in [0, 0.05) is 26.1 Å². The number of carbonyl (C=O) groups is 3. The first-order chi connectivity index (χ1) is 18.1. The summed E-state index contributed by atoms with van der Waals surface area (Å²) < 4.78 is 50.5. The predicted octanol–water partition coefficient (Wildman–Crippen LogP) is 1.47. The zero-order valence-electron chi connectivity index (χ0n) is 20.4. The van der Waals surface area contributed by atoms with Crippen LogP contribution in [-0.2, 0) is 35.0 Å². The van der Waals surface area contributed by atoms with Gasteiger partial charge in [-0.2, -0.15) is 13.8 Å². The highest BCUT2D eigenvalue weighted by Gasteiger charge is 2.62. The molecule has 206 valence electrons. The number of nitrogens with one attached hydrogen (secondary N) is 1. The number of carbonyl (C=O) groups excluding carboxylic acids is 3. The molecule has 38 heavy (non-hydrogen) atoms. The molecule has 1 aromatic carbocycles. The minimum Gasteiger partial charge on any atom is -0.453 e. The molecule has 2 heterocycles. The van der Waals surface area contributed by atoms with Gasteiger partial charge in [0.1, 0.15) is 24.3 Å². The maximum atomic E-state index is 15.2. The summed E-state index contributed by atoms with van der Waals surface area (Å²) in [4.78, 5) is 52.0. The number of anilines is 1. The van der Waals surface area contributed by atoms with Crippen molar-refractivity contribution in [3.63, 3.8) is 0 Å². The standard InChI is InChI=1S/C24H27F2N3O9/c1-35-11-12-36-23(34)28-18-9-10-29(22(33)27-18)21-24(25,26)20(17(14-30)37-21)38-19(32)8-7-16(31)13-15-5-3-2-4-6-15/h2-6,9-10,17,20-21,30H,7-8,11-14H2,1H3,(H,27,28,33,34)/t17-,20-,21-/m1/s1. The first kappa shape index (κ1) is 28.8. The van der Waals surface area contributed by atoms with Crippen LogP contribution in [0.3, 0.4) is 0 Å². The molecule has 1 aliphatic heterocycles. The molecule has 1 fully saturated rings. The molecule has 1 saturated heterocycles. The first-order valence-corrected chi connectivity index (χ1v) is 11.6. The van der Waals surface area contributed by atoms with Crippen LogP contribution in [0.4, 0.5) is 19.4 Å². The molecule has 12 nitrogen and oxygen atoms in total. The number of benzene rings is 1. The molecule has 3 atom stereocenters. The smallest absolute Gasteiger partial charge is 0.412 e. The summed E-state index contributed by atoms with van der Waals surface area (Å²) in [6.07, 6.45) is -6.80. The van der Waals surface area contributed by atoms with E-state index in [1.807, 2.05) is 0 Å². The van der Waals surface area contributed by atoms with Crippen molar-refractivity contribution in [3.05, 3.63) is 58.6 Å². The molecule has 0 spiro atoms. The van der Waals surface area contributed by atoms with Crippen molar-refractivity contribution in [3.8, 4) is 0 Å². The monoisotopic (exact) mass is 539 g/mol. The Labute approximate surface area is 215 Å². The van der Waals surface area contributed by atoms with Crippen LogP contribution in [0.2, 0.25) is 0 Å². The molecule has 14 heteroatoms. The number of amides is 1. The minimum atomic E-state index is -3.95. The predicted molar refractivity (Wildman–Crippen MR) is 126 cm³/mol. The van der Waals surface area contributed by atoms with E-state index in [1.165, 1.54) is 7.11 Å². The number of aliphatic hydroxyl groups is 1. The van der Waals surface area contributed by atoms with Crippen molar-refractivity contribution in [1.29, 1.82) is 0 Å². The summed E-state index contributed by atoms with van der Waals surface area (Å²) in [7, 11) is 1.41. The Kier molecular flexibility index (Phi) is 9.98. The van der Waals surface area contributed by atoms with Crippen LogP contribution >= 0.6 is 0 Å². The summed E-state index contributed by atoms with van der Waals surface area (Å²) in [6, 6.07) is 9.85. The number of Topliss-reactive ketones (excluding diaryl/α,β-unsaturated/α-hetero) is 1. The maximum absolute atomic E-state index is 15.2. The van der Waals surface area contributed by atoms with Gasteiger partial charge in [-0.25, -0.2) is 9.59 Å². The van der Waals surface area contributed by atoms with E-state index >= 15 is 8.78 Å². The van der Waals surface area contributed by atoms with Crippen molar-refractivity contribution in [2.45, 2.75) is 43.6 Å². The van der Waals surface area contributed by atoms with E-state index in [2.05, 4.69) is 10.3 Å². The quantitative estimate of drug-likeness (QED) is 0.299. The molecular weight excluding hydrogens is 512 g/mol. The van der Waals surface area contributed by atoms with Crippen molar-refractivity contribution in [2.24, 2.45) is 0 Å². The number of aromatic nitrogens is 2. The van der Waals surface area contributed by atoms with E-state index < -0.39 is 55.1 Å². The van der Waals surface area contributed by atoms with Gasteiger partial charge in [-0.1, -0.05) is 30.3 Å².